The van der Waals surface area contributed by atoms with Crippen LogP contribution in [0.1, 0.15) is 32.1 Å². The van der Waals surface area contributed by atoms with Gasteiger partial charge < -0.3 is 30.2 Å². The third kappa shape index (κ3) is 13.2. The van der Waals surface area contributed by atoms with E-state index in [1.165, 1.54) is 0 Å². The molecule has 0 saturated carbocycles. The van der Waals surface area contributed by atoms with Crippen LogP contribution in [-0.2, 0) is 0 Å². The molecule has 0 aromatic rings. The van der Waals surface area contributed by atoms with Gasteiger partial charge in [0.25, 0.3) is 0 Å². The van der Waals surface area contributed by atoms with E-state index < -0.39 is 0 Å². The molecule has 0 amide bonds. The summed E-state index contributed by atoms with van der Waals surface area (Å²) in [5.74, 6) is 0. The molecular weight excluding hydrogens is 272 g/mol. The van der Waals surface area contributed by atoms with Gasteiger partial charge in [0.2, 0.25) is 0 Å². The summed E-state index contributed by atoms with van der Waals surface area (Å²) in [6.07, 6.45) is 4.09. The number of hydrogen-bond donors (Lipinski definition) is 4. The Morgan fingerprint density at radius 2 is 0.619 bits per heavy atom. The topological polar surface area (TPSA) is 87.4 Å². The van der Waals surface area contributed by atoms with Gasteiger partial charge in [0, 0.05) is 52.6 Å². The molecule has 0 spiro atoms. The summed E-state index contributed by atoms with van der Waals surface area (Å²) in [4.78, 5) is 4.56. The Hall–Kier alpha value is -0.240. The molecule has 0 unspecified atom stereocenters. The fraction of sp³-hybridized carbons (Fsp3) is 1.00. The number of hydrogen-bond acceptors (Lipinski definition) is 6. The largest absolute Gasteiger partial charge is 0.396 e. The summed E-state index contributed by atoms with van der Waals surface area (Å²) in [6, 6.07) is 0. The second-order valence-electron chi connectivity index (χ2n) is 5.35. The Morgan fingerprint density at radius 3 is 0.857 bits per heavy atom. The van der Waals surface area contributed by atoms with E-state index in [4.69, 9.17) is 20.4 Å². The van der Waals surface area contributed by atoms with Crippen molar-refractivity contribution in [2.75, 3.05) is 65.7 Å². The van der Waals surface area contributed by atoms with Crippen molar-refractivity contribution in [2.24, 2.45) is 0 Å². The van der Waals surface area contributed by atoms with Gasteiger partial charge in [-0.2, -0.15) is 0 Å². The van der Waals surface area contributed by atoms with Gasteiger partial charge in [-0.15, -0.1) is 0 Å². The van der Waals surface area contributed by atoms with Crippen molar-refractivity contribution in [3.8, 4) is 0 Å². The second-order valence-corrected chi connectivity index (χ2v) is 5.35. The second kappa shape index (κ2) is 16.1. The molecular formula is C15H34N2O4. The van der Waals surface area contributed by atoms with E-state index in [9.17, 15) is 0 Å². The summed E-state index contributed by atoms with van der Waals surface area (Å²) in [6.45, 7) is 6.18. The van der Waals surface area contributed by atoms with Crippen LogP contribution < -0.4 is 0 Å². The van der Waals surface area contributed by atoms with Crippen molar-refractivity contribution in [3.63, 3.8) is 0 Å². The summed E-state index contributed by atoms with van der Waals surface area (Å²) in [5, 5.41) is 35.7. The van der Waals surface area contributed by atoms with Gasteiger partial charge >= 0.3 is 0 Å². The summed E-state index contributed by atoms with van der Waals surface area (Å²) in [5.41, 5.74) is 0. The summed E-state index contributed by atoms with van der Waals surface area (Å²) < 4.78 is 0. The van der Waals surface area contributed by atoms with Crippen molar-refractivity contribution < 1.29 is 20.4 Å². The zero-order chi connectivity index (χ0) is 15.8. The van der Waals surface area contributed by atoms with Crippen LogP contribution in [0, 0.1) is 0 Å². The Kier molecular flexibility index (Phi) is 16.0. The third-order valence-electron chi connectivity index (χ3n) is 3.48. The highest BCUT2D eigenvalue weighted by Crippen LogP contribution is 2.01. The Bertz CT molecular complexity index is 172. The van der Waals surface area contributed by atoms with E-state index in [-0.39, 0.29) is 26.4 Å². The first-order valence-corrected chi connectivity index (χ1v) is 8.16. The SMILES string of the molecule is OCCCN(CCCO)CCCN(CCCO)CCCO. The van der Waals surface area contributed by atoms with Gasteiger partial charge in [-0.1, -0.05) is 0 Å². The lowest BCUT2D eigenvalue weighted by molar-refractivity contribution is 0.176. The van der Waals surface area contributed by atoms with Crippen LogP contribution in [0.2, 0.25) is 0 Å². The van der Waals surface area contributed by atoms with Crippen LogP contribution in [0.5, 0.6) is 0 Å². The molecule has 0 aliphatic rings. The highest BCUT2D eigenvalue weighted by atomic mass is 16.3. The van der Waals surface area contributed by atoms with Crippen LogP contribution in [0.15, 0.2) is 0 Å². The van der Waals surface area contributed by atoms with Crippen molar-refractivity contribution in [1.29, 1.82) is 0 Å². The average Bonchev–Trinajstić information content (AvgIpc) is 2.51. The van der Waals surface area contributed by atoms with Crippen molar-refractivity contribution in [2.45, 2.75) is 32.1 Å². The molecule has 0 radical (unpaired) electrons. The molecule has 0 saturated heterocycles. The van der Waals surface area contributed by atoms with E-state index in [2.05, 4.69) is 9.80 Å². The van der Waals surface area contributed by atoms with E-state index in [1.807, 2.05) is 0 Å². The lowest BCUT2D eigenvalue weighted by Gasteiger charge is -2.25. The monoisotopic (exact) mass is 306 g/mol. The fourth-order valence-corrected chi connectivity index (χ4v) is 2.37. The minimum absolute atomic E-state index is 0.203. The van der Waals surface area contributed by atoms with Gasteiger partial charge in [0.05, 0.1) is 0 Å². The first kappa shape index (κ1) is 20.8. The van der Waals surface area contributed by atoms with Crippen molar-refractivity contribution in [3.05, 3.63) is 0 Å². The summed E-state index contributed by atoms with van der Waals surface area (Å²) >= 11 is 0. The highest BCUT2D eigenvalue weighted by Gasteiger charge is 2.07. The fourth-order valence-electron chi connectivity index (χ4n) is 2.37. The van der Waals surface area contributed by atoms with Gasteiger partial charge in [-0.05, 0) is 45.2 Å². The molecule has 0 bridgehead atoms. The zero-order valence-electron chi connectivity index (χ0n) is 13.3. The first-order valence-electron chi connectivity index (χ1n) is 8.16. The Labute approximate surface area is 129 Å². The number of aliphatic hydroxyl groups excluding tert-OH is 4. The molecule has 0 aliphatic carbocycles. The minimum Gasteiger partial charge on any atom is -0.396 e. The van der Waals surface area contributed by atoms with E-state index >= 15 is 0 Å². The molecule has 6 nitrogen and oxygen atoms in total. The van der Waals surface area contributed by atoms with Crippen molar-refractivity contribution in [1.82, 2.24) is 9.80 Å². The number of aliphatic hydroxyl groups is 4. The zero-order valence-corrected chi connectivity index (χ0v) is 13.3. The lowest BCUT2D eigenvalue weighted by atomic mass is 10.2. The maximum atomic E-state index is 8.92. The van der Waals surface area contributed by atoms with Crippen LogP contribution >= 0.6 is 0 Å². The molecule has 0 rings (SSSR count). The molecule has 0 aromatic carbocycles. The highest BCUT2D eigenvalue weighted by molar-refractivity contribution is 4.63. The average molecular weight is 306 g/mol. The lowest BCUT2D eigenvalue weighted by Crippen LogP contribution is -2.33. The normalized spacial score (nSPS) is 11.7. The molecule has 0 aliphatic heterocycles. The summed E-state index contributed by atoms with van der Waals surface area (Å²) in [7, 11) is 0. The van der Waals surface area contributed by atoms with Crippen molar-refractivity contribution >= 4 is 0 Å². The molecule has 6 heteroatoms. The molecule has 4 N–H and O–H groups in total. The van der Waals surface area contributed by atoms with Crippen LogP contribution in [0.25, 0.3) is 0 Å². The number of rotatable bonds is 16. The van der Waals surface area contributed by atoms with E-state index in [1.54, 1.807) is 0 Å². The van der Waals surface area contributed by atoms with Gasteiger partial charge in [0.15, 0.2) is 0 Å². The molecule has 128 valence electrons. The third-order valence-corrected chi connectivity index (χ3v) is 3.48. The molecule has 0 aromatic heterocycles. The van der Waals surface area contributed by atoms with Gasteiger partial charge in [0.1, 0.15) is 0 Å². The molecule has 0 heterocycles. The number of nitrogens with zero attached hydrogens (tertiary/aromatic N) is 2. The maximum Gasteiger partial charge on any atom is 0.0443 e. The predicted octanol–water partition coefficient (Wildman–Crippen LogP) is -0.490. The quantitative estimate of drug-likeness (QED) is 0.308. The first-order chi connectivity index (χ1) is 10.3. The maximum absolute atomic E-state index is 8.92. The van der Waals surface area contributed by atoms with E-state index in [0.29, 0.717) is 0 Å². The van der Waals surface area contributed by atoms with Crippen LogP contribution in [-0.4, -0.2) is 95.9 Å². The Morgan fingerprint density at radius 1 is 0.381 bits per heavy atom. The van der Waals surface area contributed by atoms with Crippen LogP contribution in [0.4, 0.5) is 0 Å². The molecule has 0 fully saturated rings. The molecule has 0 atom stereocenters. The minimum atomic E-state index is 0.203. The van der Waals surface area contributed by atoms with E-state index in [0.717, 1.165) is 71.4 Å². The smallest absolute Gasteiger partial charge is 0.0443 e. The standard InChI is InChI=1S/C15H34N2O4/c18-12-2-8-16(9-3-13-19)6-1-7-17(10-4-14-20)11-5-15-21/h18-21H,1-15H2. The predicted molar refractivity (Wildman–Crippen MR) is 84.3 cm³/mol. The Balaban J connectivity index is 3.96. The van der Waals surface area contributed by atoms with Gasteiger partial charge in [-0.25, -0.2) is 0 Å². The van der Waals surface area contributed by atoms with Gasteiger partial charge in [-0.3, -0.25) is 0 Å². The molecule has 21 heavy (non-hydrogen) atoms. The van der Waals surface area contributed by atoms with Crippen LogP contribution in [0.3, 0.4) is 0 Å².